The molecule has 0 aliphatic heterocycles. The van der Waals surface area contributed by atoms with E-state index in [-0.39, 0.29) is 11.8 Å². The van der Waals surface area contributed by atoms with Gasteiger partial charge in [-0.3, -0.25) is 9.59 Å². The summed E-state index contributed by atoms with van der Waals surface area (Å²) in [5.41, 5.74) is 2.60. The van der Waals surface area contributed by atoms with E-state index in [0.717, 1.165) is 22.4 Å². The van der Waals surface area contributed by atoms with Gasteiger partial charge in [-0.05, 0) is 50.5 Å². The summed E-state index contributed by atoms with van der Waals surface area (Å²) in [4.78, 5) is 25.0. The number of anilines is 1. The molecular formula is C20H24N2O2. The van der Waals surface area contributed by atoms with E-state index in [1.165, 1.54) is 0 Å². The highest BCUT2D eigenvalue weighted by Gasteiger charge is 2.36. The zero-order valence-electron chi connectivity index (χ0n) is 14.6. The third-order valence-corrected chi connectivity index (χ3v) is 4.07. The zero-order valence-corrected chi connectivity index (χ0v) is 14.6. The van der Waals surface area contributed by atoms with E-state index in [0.29, 0.717) is 6.54 Å². The number of carbonyl (C=O) groups is 2. The van der Waals surface area contributed by atoms with Crippen LogP contribution in [0.5, 0.6) is 0 Å². The Bertz CT molecular complexity index is 737. The second-order valence-corrected chi connectivity index (χ2v) is 6.57. The second-order valence-electron chi connectivity index (χ2n) is 6.57. The second kappa shape index (κ2) is 7.30. The molecule has 0 aromatic heterocycles. The van der Waals surface area contributed by atoms with Gasteiger partial charge >= 0.3 is 0 Å². The van der Waals surface area contributed by atoms with Crippen LogP contribution in [0.4, 0.5) is 5.69 Å². The molecule has 0 saturated heterocycles. The highest BCUT2D eigenvalue weighted by molar-refractivity contribution is 6.10. The Kier molecular flexibility index (Phi) is 5.39. The van der Waals surface area contributed by atoms with Crippen molar-refractivity contribution in [1.29, 1.82) is 0 Å². The van der Waals surface area contributed by atoms with Gasteiger partial charge in [-0.1, -0.05) is 42.5 Å². The Balaban J connectivity index is 2.03. The Morgan fingerprint density at radius 3 is 2.29 bits per heavy atom. The summed E-state index contributed by atoms with van der Waals surface area (Å²) >= 11 is 0. The van der Waals surface area contributed by atoms with Gasteiger partial charge in [0, 0.05) is 12.2 Å². The van der Waals surface area contributed by atoms with Gasteiger partial charge in [0.05, 0.1) is 0 Å². The van der Waals surface area contributed by atoms with E-state index >= 15 is 0 Å². The minimum Gasteiger partial charge on any atom is -0.351 e. The molecule has 2 N–H and O–H groups in total. The lowest BCUT2D eigenvalue weighted by Crippen LogP contribution is -2.45. The molecule has 0 saturated carbocycles. The van der Waals surface area contributed by atoms with Crippen LogP contribution < -0.4 is 10.6 Å². The van der Waals surface area contributed by atoms with Crippen molar-refractivity contribution in [3.63, 3.8) is 0 Å². The fourth-order valence-corrected chi connectivity index (χ4v) is 2.25. The minimum absolute atomic E-state index is 0.297. The minimum atomic E-state index is -1.16. The van der Waals surface area contributed by atoms with E-state index in [4.69, 9.17) is 0 Å². The first kappa shape index (κ1) is 17.7. The third-order valence-electron chi connectivity index (χ3n) is 4.07. The number of benzene rings is 2. The van der Waals surface area contributed by atoms with Crippen LogP contribution in [0.1, 0.15) is 30.5 Å². The van der Waals surface area contributed by atoms with Gasteiger partial charge in [0.2, 0.25) is 11.8 Å². The SMILES string of the molecule is Cc1ccc(C)c(NC(=O)C(C)(C)C(=O)NCc2ccccc2)c1. The maximum Gasteiger partial charge on any atom is 0.239 e. The Morgan fingerprint density at radius 1 is 0.958 bits per heavy atom. The molecule has 0 aliphatic carbocycles. The molecule has 0 aliphatic rings. The monoisotopic (exact) mass is 324 g/mol. The van der Waals surface area contributed by atoms with Gasteiger partial charge in [0.25, 0.3) is 0 Å². The van der Waals surface area contributed by atoms with E-state index in [1.54, 1.807) is 13.8 Å². The molecule has 0 radical (unpaired) electrons. The molecule has 0 atom stereocenters. The van der Waals surface area contributed by atoms with Gasteiger partial charge < -0.3 is 10.6 Å². The van der Waals surface area contributed by atoms with Gasteiger partial charge in [-0.15, -0.1) is 0 Å². The molecule has 2 rings (SSSR count). The van der Waals surface area contributed by atoms with Crippen LogP contribution in [-0.2, 0) is 16.1 Å². The van der Waals surface area contributed by atoms with Crippen LogP contribution in [0.15, 0.2) is 48.5 Å². The zero-order chi connectivity index (χ0) is 17.7. The first-order valence-corrected chi connectivity index (χ1v) is 8.01. The lowest BCUT2D eigenvalue weighted by molar-refractivity contribution is -0.138. The third kappa shape index (κ3) is 4.22. The maximum atomic E-state index is 12.6. The van der Waals surface area contributed by atoms with Gasteiger partial charge in [-0.2, -0.15) is 0 Å². The largest absolute Gasteiger partial charge is 0.351 e. The van der Waals surface area contributed by atoms with Crippen LogP contribution in [-0.4, -0.2) is 11.8 Å². The number of aryl methyl sites for hydroxylation is 2. The fourth-order valence-electron chi connectivity index (χ4n) is 2.25. The molecule has 0 bridgehead atoms. The number of carbonyl (C=O) groups excluding carboxylic acids is 2. The predicted octanol–water partition coefficient (Wildman–Crippen LogP) is 3.58. The lowest BCUT2D eigenvalue weighted by atomic mass is 9.90. The maximum absolute atomic E-state index is 12.6. The molecule has 0 heterocycles. The van der Waals surface area contributed by atoms with Gasteiger partial charge in [0.1, 0.15) is 5.41 Å². The smallest absolute Gasteiger partial charge is 0.239 e. The van der Waals surface area contributed by atoms with Gasteiger partial charge in [0.15, 0.2) is 0 Å². The average Bonchev–Trinajstić information content (AvgIpc) is 2.56. The van der Waals surface area contributed by atoms with Crippen LogP contribution in [0.2, 0.25) is 0 Å². The normalized spacial score (nSPS) is 11.0. The standard InChI is InChI=1S/C20H24N2O2/c1-14-10-11-15(2)17(12-14)22-19(24)20(3,4)18(23)21-13-16-8-6-5-7-9-16/h5-12H,13H2,1-4H3,(H,21,23)(H,22,24). The summed E-state index contributed by atoms with van der Waals surface area (Å²) in [6.45, 7) is 7.56. The van der Waals surface area contributed by atoms with Crippen molar-refractivity contribution in [3.8, 4) is 0 Å². The first-order valence-electron chi connectivity index (χ1n) is 8.01. The van der Waals surface area contributed by atoms with E-state index in [2.05, 4.69) is 10.6 Å². The van der Waals surface area contributed by atoms with Crippen LogP contribution in [0, 0.1) is 19.3 Å². The molecular weight excluding hydrogens is 300 g/mol. The molecule has 4 heteroatoms. The Morgan fingerprint density at radius 2 is 1.62 bits per heavy atom. The molecule has 0 unspecified atom stereocenters. The number of hydrogen-bond acceptors (Lipinski definition) is 2. The number of hydrogen-bond donors (Lipinski definition) is 2. The summed E-state index contributed by atoms with van der Waals surface area (Å²) in [5, 5.41) is 5.70. The average molecular weight is 324 g/mol. The summed E-state index contributed by atoms with van der Waals surface area (Å²) in [7, 11) is 0. The van der Waals surface area contributed by atoms with Crippen molar-refractivity contribution in [2.75, 3.05) is 5.32 Å². The van der Waals surface area contributed by atoms with Crippen molar-refractivity contribution in [3.05, 3.63) is 65.2 Å². The summed E-state index contributed by atoms with van der Waals surface area (Å²) < 4.78 is 0. The number of nitrogens with one attached hydrogen (secondary N) is 2. The fraction of sp³-hybridized carbons (Fsp3) is 0.300. The van der Waals surface area contributed by atoms with Gasteiger partial charge in [-0.25, -0.2) is 0 Å². The summed E-state index contributed by atoms with van der Waals surface area (Å²) in [6.07, 6.45) is 0. The molecule has 24 heavy (non-hydrogen) atoms. The predicted molar refractivity (Wildman–Crippen MR) is 96.6 cm³/mol. The Labute approximate surface area is 143 Å². The molecule has 2 aromatic rings. The van der Waals surface area contributed by atoms with Crippen molar-refractivity contribution in [1.82, 2.24) is 5.32 Å². The summed E-state index contributed by atoms with van der Waals surface area (Å²) in [5.74, 6) is -0.615. The van der Waals surface area contributed by atoms with Crippen LogP contribution >= 0.6 is 0 Å². The van der Waals surface area contributed by atoms with E-state index in [1.807, 2.05) is 62.4 Å². The van der Waals surface area contributed by atoms with Crippen molar-refractivity contribution < 1.29 is 9.59 Å². The Hall–Kier alpha value is -2.62. The highest BCUT2D eigenvalue weighted by Crippen LogP contribution is 2.22. The first-order chi connectivity index (χ1) is 11.3. The number of amides is 2. The molecule has 0 fully saturated rings. The van der Waals surface area contributed by atoms with Crippen molar-refractivity contribution >= 4 is 17.5 Å². The quantitative estimate of drug-likeness (QED) is 0.826. The number of rotatable bonds is 5. The highest BCUT2D eigenvalue weighted by atomic mass is 16.2. The van der Waals surface area contributed by atoms with Crippen molar-refractivity contribution in [2.24, 2.45) is 5.41 Å². The van der Waals surface area contributed by atoms with E-state index in [9.17, 15) is 9.59 Å². The molecule has 126 valence electrons. The molecule has 2 amide bonds. The van der Waals surface area contributed by atoms with Crippen molar-refractivity contribution in [2.45, 2.75) is 34.2 Å². The molecule has 4 nitrogen and oxygen atoms in total. The molecule has 2 aromatic carbocycles. The lowest BCUT2D eigenvalue weighted by Gasteiger charge is -2.23. The molecule has 0 spiro atoms. The van der Waals surface area contributed by atoms with Crippen LogP contribution in [0.25, 0.3) is 0 Å². The topological polar surface area (TPSA) is 58.2 Å². The van der Waals surface area contributed by atoms with Crippen LogP contribution in [0.3, 0.4) is 0 Å². The van der Waals surface area contributed by atoms with E-state index < -0.39 is 5.41 Å². The summed E-state index contributed by atoms with van der Waals surface area (Å²) in [6, 6.07) is 15.5.